The summed E-state index contributed by atoms with van der Waals surface area (Å²) in [5, 5.41) is 8.49. The highest BCUT2D eigenvalue weighted by molar-refractivity contribution is 7.99. The minimum absolute atomic E-state index is 0.0919. The van der Waals surface area contributed by atoms with Crippen molar-refractivity contribution in [2.75, 3.05) is 11.1 Å². The number of thioether (sulfide) groups is 1. The zero-order chi connectivity index (χ0) is 21.3. The zero-order valence-corrected chi connectivity index (χ0v) is 17.8. The highest BCUT2D eigenvalue weighted by Gasteiger charge is 2.14. The second-order valence-corrected chi connectivity index (χ2v) is 8.13. The molecule has 2 aromatic heterocycles. The first kappa shape index (κ1) is 20.2. The van der Waals surface area contributed by atoms with E-state index in [0.29, 0.717) is 26.9 Å². The van der Waals surface area contributed by atoms with Crippen molar-refractivity contribution in [1.82, 2.24) is 19.7 Å². The maximum absolute atomic E-state index is 12.5. The van der Waals surface area contributed by atoms with Gasteiger partial charge in [-0.1, -0.05) is 35.5 Å². The fourth-order valence-corrected chi connectivity index (χ4v) is 3.75. The summed E-state index contributed by atoms with van der Waals surface area (Å²) in [4.78, 5) is 32.0. The molecule has 0 aliphatic carbocycles. The number of hydrogen-bond donors (Lipinski definition) is 2. The fraction of sp³-hybridized carbons (Fsp3) is 0.143. The summed E-state index contributed by atoms with van der Waals surface area (Å²) >= 11 is 7.00. The van der Waals surface area contributed by atoms with E-state index in [1.807, 2.05) is 32.0 Å². The van der Waals surface area contributed by atoms with Crippen LogP contribution in [0.15, 0.2) is 58.6 Å². The number of aromatic nitrogens is 4. The molecule has 0 aliphatic rings. The number of rotatable bonds is 5. The maximum Gasteiger partial charge on any atom is 0.262 e. The lowest BCUT2D eigenvalue weighted by Gasteiger charge is -2.09. The third-order valence-electron chi connectivity index (χ3n) is 4.69. The highest BCUT2D eigenvalue weighted by Crippen LogP contribution is 2.22. The zero-order valence-electron chi connectivity index (χ0n) is 16.3. The number of fused-ring (bicyclic) bond motifs is 1. The van der Waals surface area contributed by atoms with Gasteiger partial charge in [0, 0.05) is 10.7 Å². The summed E-state index contributed by atoms with van der Waals surface area (Å²) in [6.45, 7) is 4.02. The second kappa shape index (κ2) is 8.33. The maximum atomic E-state index is 12.5. The normalized spacial score (nSPS) is 11.0. The first-order valence-electron chi connectivity index (χ1n) is 9.15. The molecule has 0 bridgehead atoms. The third-order valence-corrected chi connectivity index (χ3v) is 5.81. The number of carbonyl (C=O) groups is 1. The van der Waals surface area contributed by atoms with Gasteiger partial charge in [0.25, 0.3) is 5.56 Å². The summed E-state index contributed by atoms with van der Waals surface area (Å²) < 4.78 is 1.66. The number of nitrogens with one attached hydrogen (secondary N) is 2. The van der Waals surface area contributed by atoms with Gasteiger partial charge in [-0.2, -0.15) is 5.10 Å². The molecule has 0 fully saturated rings. The van der Waals surface area contributed by atoms with Crippen LogP contribution < -0.4 is 10.9 Å². The van der Waals surface area contributed by atoms with Crippen molar-refractivity contribution < 1.29 is 4.79 Å². The van der Waals surface area contributed by atoms with E-state index < -0.39 is 0 Å². The number of aryl methyl sites for hydroxylation is 1. The molecule has 0 unspecified atom stereocenters. The molecule has 7 nitrogen and oxygen atoms in total. The lowest BCUT2D eigenvalue weighted by atomic mass is 10.1. The van der Waals surface area contributed by atoms with Crippen molar-refractivity contribution in [2.45, 2.75) is 19.0 Å². The van der Waals surface area contributed by atoms with Crippen LogP contribution in [0.5, 0.6) is 0 Å². The van der Waals surface area contributed by atoms with Gasteiger partial charge in [0.2, 0.25) is 5.91 Å². The molecule has 0 aliphatic heterocycles. The average molecular weight is 440 g/mol. The summed E-state index contributed by atoms with van der Waals surface area (Å²) in [5.41, 5.74) is 3.84. The largest absolute Gasteiger partial charge is 0.325 e. The Morgan fingerprint density at radius 3 is 2.73 bits per heavy atom. The number of halogens is 1. The van der Waals surface area contributed by atoms with Crippen LogP contribution in [0.3, 0.4) is 0 Å². The molecule has 9 heteroatoms. The van der Waals surface area contributed by atoms with Gasteiger partial charge in [-0.3, -0.25) is 9.59 Å². The molecule has 0 saturated carbocycles. The molecule has 30 heavy (non-hydrogen) atoms. The molecule has 2 N–H and O–H groups in total. The van der Waals surface area contributed by atoms with Gasteiger partial charge >= 0.3 is 0 Å². The Morgan fingerprint density at radius 2 is 1.97 bits per heavy atom. The van der Waals surface area contributed by atoms with Crippen molar-refractivity contribution in [3.8, 4) is 5.69 Å². The summed E-state index contributed by atoms with van der Waals surface area (Å²) in [6.07, 6.45) is 1.50. The van der Waals surface area contributed by atoms with E-state index in [1.54, 1.807) is 28.9 Å². The predicted molar refractivity (Wildman–Crippen MR) is 120 cm³/mol. The average Bonchev–Trinajstić information content (AvgIpc) is 3.15. The molecule has 0 saturated heterocycles. The Kier molecular flexibility index (Phi) is 5.61. The standard InChI is InChI=1S/C21H18ClN5O2S/c1-12-4-3-5-17(13(12)2)27-19-16(10-23-27)20(29)26-21(25-19)30-11-18(28)24-15-8-6-14(22)7-9-15/h3-10H,11H2,1-2H3,(H,24,28)(H,25,26,29). The minimum Gasteiger partial charge on any atom is -0.325 e. The number of anilines is 1. The van der Waals surface area contributed by atoms with Crippen LogP contribution in [0, 0.1) is 13.8 Å². The van der Waals surface area contributed by atoms with E-state index in [9.17, 15) is 9.59 Å². The van der Waals surface area contributed by atoms with Crippen LogP contribution in [0.25, 0.3) is 16.7 Å². The van der Waals surface area contributed by atoms with Gasteiger partial charge in [-0.25, -0.2) is 9.67 Å². The molecule has 2 heterocycles. The van der Waals surface area contributed by atoms with Crippen LogP contribution in [-0.2, 0) is 4.79 Å². The van der Waals surface area contributed by atoms with E-state index in [4.69, 9.17) is 11.6 Å². The fourth-order valence-electron chi connectivity index (χ4n) is 2.97. The van der Waals surface area contributed by atoms with Gasteiger partial charge < -0.3 is 10.3 Å². The highest BCUT2D eigenvalue weighted by atomic mass is 35.5. The number of benzene rings is 2. The number of carbonyl (C=O) groups excluding carboxylic acids is 1. The Bertz CT molecular complexity index is 1300. The van der Waals surface area contributed by atoms with Gasteiger partial charge in [0.05, 0.1) is 17.6 Å². The second-order valence-electron chi connectivity index (χ2n) is 6.73. The van der Waals surface area contributed by atoms with Crippen LogP contribution in [0.4, 0.5) is 5.69 Å². The monoisotopic (exact) mass is 439 g/mol. The van der Waals surface area contributed by atoms with Crippen LogP contribution in [-0.4, -0.2) is 31.4 Å². The molecule has 0 radical (unpaired) electrons. The first-order chi connectivity index (χ1) is 14.4. The smallest absolute Gasteiger partial charge is 0.262 e. The van der Waals surface area contributed by atoms with Crippen LogP contribution in [0.1, 0.15) is 11.1 Å². The molecule has 4 aromatic rings. The molecule has 0 spiro atoms. The van der Waals surface area contributed by atoms with Gasteiger partial charge in [-0.05, 0) is 55.3 Å². The quantitative estimate of drug-likeness (QED) is 0.360. The van der Waals surface area contributed by atoms with Crippen molar-refractivity contribution >= 4 is 46.0 Å². The van der Waals surface area contributed by atoms with E-state index in [-0.39, 0.29) is 17.2 Å². The number of H-pyrrole nitrogens is 1. The van der Waals surface area contributed by atoms with Gasteiger partial charge in [0.1, 0.15) is 5.39 Å². The number of hydrogen-bond acceptors (Lipinski definition) is 5. The molecule has 2 aromatic carbocycles. The van der Waals surface area contributed by atoms with E-state index in [2.05, 4.69) is 20.4 Å². The van der Waals surface area contributed by atoms with Crippen molar-refractivity contribution in [1.29, 1.82) is 0 Å². The Morgan fingerprint density at radius 1 is 1.20 bits per heavy atom. The van der Waals surface area contributed by atoms with Crippen molar-refractivity contribution in [3.05, 3.63) is 75.2 Å². The van der Waals surface area contributed by atoms with Gasteiger partial charge in [-0.15, -0.1) is 0 Å². The summed E-state index contributed by atoms with van der Waals surface area (Å²) in [5.74, 6) is -0.123. The van der Waals surface area contributed by atoms with E-state index in [1.165, 1.54) is 6.20 Å². The molecular formula is C21H18ClN5O2S. The lowest BCUT2D eigenvalue weighted by Crippen LogP contribution is -2.15. The number of aromatic amines is 1. The predicted octanol–water partition coefficient (Wildman–Crippen LogP) is 4.11. The topological polar surface area (TPSA) is 92.7 Å². The molecular weight excluding hydrogens is 422 g/mol. The van der Waals surface area contributed by atoms with E-state index >= 15 is 0 Å². The van der Waals surface area contributed by atoms with E-state index in [0.717, 1.165) is 28.6 Å². The number of nitrogens with zero attached hydrogens (tertiary/aromatic N) is 3. The summed E-state index contributed by atoms with van der Waals surface area (Å²) in [6, 6.07) is 12.7. The van der Waals surface area contributed by atoms with Crippen molar-refractivity contribution in [3.63, 3.8) is 0 Å². The first-order valence-corrected chi connectivity index (χ1v) is 10.5. The molecule has 152 valence electrons. The molecule has 0 atom stereocenters. The Labute approximate surface area is 181 Å². The van der Waals surface area contributed by atoms with Crippen LogP contribution in [0.2, 0.25) is 5.02 Å². The lowest BCUT2D eigenvalue weighted by molar-refractivity contribution is -0.113. The SMILES string of the molecule is Cc1cccc(-n2ncc3c(=O)[nH]c(SCC(=O)Nc4ccc(Cl)cc4)nc32)c1C. The third kappa shape index (κ3) is 4.10. The number of amides is 1. The van der Waals surface area contributed by atoms with Crippen molar-refractivity contribution in [2.24, 2.45) is 0 Å². The summed E-state index contributed by atoms with van der Waals surface area (Å²) in [7, 11) is 0. The van der Waals surface area contributed by atoms with Gasteiger partial charge in [0.15, 0.2) is 10.8 Å². The molecule has 1 amide bonds. The minimum atomic E-state index is -0.294. The Balaban J connectivity index is 1.58. The Hall–Kier alpha value is -3.10. The molecule has 4 rings (SSSR count). The van der Waals surface area contributed by atoms with Crippen LogP contribution >= 0.6 is 23.4 Å².